The summed E-state index contributed by atoms with van der Waals surface area (Å²) in [5.74, 6) is 0.718. The maximum absolute atomic E-state index is 6.10. The summed E-state index contributed by atoms with van der Waals surface area (Å²) in [7, 11) is 2.06. The quantitative estimate of drug-likeness (QED) is 0.679. The molecule has 0 aliphatic carbocycles. The lowest BCUT2D eigenvalue weighted by atomic mass is 10.2. The van der Waals surface area contributed by atoms with Crippen LogP contribution in [-0.4, -0.2) is 4.57 Å². The van der Waals surface area contributed by atoms with Crippen LogP contribution < -0.4 is 4.74 Å². The van der Waals surface area contributed by atoms with E-state index in [-0.39, 0.29) is 0 Å². The first-order valence-electron chi connectivity index (χ1n) is 6.57. The van der Waals surface area contributed by atoms with Crippen molar-refractivity contribution in [1.82, 2.24) is 4.57 Å². The van der Waals surface area contributed by atoms with Gasteiger partial charge in [0.25, 0.3) is 0 Å². The van der Waals surface area contributed by atoms with E-state index in [0.717, 1.165) is 11.4 Å². The molecule has 2 nitrogen and oxygen atoms in total. The van der Waals surface area contributed by atoms with Crippen LogP contribution in [0, 0.1) is 6.92 Å². The number of hydrogen-bond donors (Lipinski definition) is 0. The first-order valence-corrected chi connectivity index (χ1v) is 6.95. The third kappa shape index (κ3) is 2.39. The van der Waals surface area contributed by atoms with Crippen LogP contribution in [0.5, 0.6) is 5.75 Å². The van der Waals surface area contributed by atoms with E-state index in [1.54, 1.807) is 0 Å². The molecule has 0 saturated heterocycles. The molecule has 3 rings (SSSR count). The highest BCUT2D eigenvalue weighted by Crippen LogP contribution is 2.25. The van der Waals surface area contributed by atoms with Crippen LogP contribution in [0.25, 0.3) is 10.9 Å². The predicted molar refractivity (Wildman–Crippen MR) is 83.4 cm³/mol. The largest absolute Gasteiger partial charge is 0.486 e. The van der Waals surface area contributed by atoms with Gasteiger partial charge < -0.3 is 9.30 Å². The Morgan fingerprint density at radius 1 is 1.10 bits per heavy atom. The maximum Gasteiger partial charge on any atom is 0.138 e. The van der Waals surface area contributed by atoms with E-state index >= 15 is 0 Å². The van der Waals surface area contributed by atoms with E-state index in [4.69, 9.17) is 16.3 Å². The van der Waals surface area contributed by atoms with E-state index in [1.165, 1.54) is 16.5 Å². The smallest absolute Gasteiger partial charge is 0.138 e. The molecule has 0 amide bonds. The lowest BCUT2D eigenvalue weighted by Gasteiger charge is -2.08. The number of aromatic nitrogens is 1. The molecule has 0 atom stereocenters. The van der Waals surface area contributed by atoms with Gasteiger partial charge in [-0.3, -0.25) is 0 Å². The van der Waals surface area contributed by atoms with Crippen LogP contribution >= 0.6 is 11.6 Å². The zero-order valence-electron chi connectivity index (χ0n) is 11.6. The first-order chi connectivity index (χ1) is 9.65. The average Bonchev–Trinajstić information content (AvgIpc) is 2.74. The third-order valence-corrected chi connectivity index (χ3v) is 3.82. The summed E-state index contributed by atoms with van der Waals surface area (Å²) in [5, 5.41) is 1.88. The first kappa shape index (κ1) is 13.1. The molecule has 0 aliphatic heterocycles. The molecule has 0 spiro atoms. The van der Waals surface area contributed by atoms with Crippen LogP contribution in [0.1, 0.15) is 11.3 Å². The molecule has 1 aromatic heterocycles. The van der Waals surface area contributed by atoms with Crippen molar-refractivity contribution >= 4 is 22.5 Å². The van der Waals surface area contributed by atoms with Crippen LogP contribution in [0.3, 0.4) is 0 Å². The van der Waals surface area contributed by atoms with Crippen molar-refractivity contribution < 1.29 is 4.74 Å². The lowest BCUT2D eigenvalue weighted by Crippen LogP contribution is -2.01. The lowest BCUT2D eigenvalue weighted by molar-refractivity contribution is 0.298. The molecule has 102 valence electrons. The van der Waals surface area contributed by atoms with Crippen molar-refractivity contribution in [3.05, 3.63) is 64.8 Å². The van der Waals surface area contributed by atoms with E-state index in [0.29, 0.717) is 11.6 Å². The summed E-state index contributed by atoms with van der Waals surface area (Å²) in [5.41, 5.74) is 3.61. The fourth-order valence-electron chi connectivity index (χ4n) is 2.38. The van der Waals surface area contributed by atoms with E-state index < -0.39 is 0 Å². The number of benzene rings is 2. The molecule has 0 saturated carbocycles. The minimum Gasteiger partial charge on any atom is -0.486 e. The van der Waals surface area contributed by atoms with E-state index in [1.807, 2.05) is 24.3 Å². The zero-order valence-corrected chi connectivity index (χ0v) is 12.3. The number of fused-ring (bicyclic) bond motifs is 1. The van der Waals surface area contributed by atoms with Crippen molar-refractivity contribution in [2.75, 3.05) is 0 Å². The fourth-order valence-corrected chi connectivity index (χ4v) is 2.57. The van der Waals surface area contributed by atoms with Crippen LogP contribution in [-0.2, 0) is 13.7 Å². The van der Waals surface area contributed by atoms with Gasteiger partial charge in [0.1, 0.15) is 12.4 Å². The van der Waals surface area contributed by atoms with Crippen molar-refractivity contribution in [2.24, 2.45) is 7.05 Å². The van der Waals surface area contributed by atoms with Gasteiger partial charge in [0.05, 0.1) is 10.7 Å². The van der Waals surface area contributed by atoms with Gasteiger partial charge in [0.2, 0.25) is 0 Å². The highest BCUT2D eigenvalue weighted by molar-refractivity contribution is 6.32. The van der Waals surface area contributed by atoms with Crippen molar-refractivity contribution in [3.63, 3.8) is 0 Å². The van der Waals surface area contributed by atoms with E-state index in [9.17, 15) is 0 Å². The Hall–Kier alpha value is -1.93. The van der Waals surface area contributed by atoms with Crippen LogP contribution in [0.4, 0.5) is 0 Å². The Labute approximate surface area is 123 Å². The maximum atomic E-state index is 6.10. The van der Waals surface area contributed by atoms with Gasteiger partial charge in [-0.2, -0.15) is 0 Å². The molecule has 0 radical (unpaired) electrons. The van der Waals surface area contributed by atoms with Crippen LogP contribution in [0.2, 0.25) is 5.02 Å². The number of rotatable bonds is 3. The van der Waals surface area contributed by atoms with E-state index in [2.05, 4.69) is 42.8 Å². The number of nitrogens with zero attached hydrogens (tertiary/aromatic N) is 1. The molecule has 0 N–H and O–H groups in total. The molecule has 3 heteroatoms. The summed E-state index contributed by atoms with van der Waals surface area (Å²) < 4.78 is 7.97. The molecule has 0 fully saturated rings. The van der Waals surface area contributed by atoms with Crippen molar-refractivity contribution in [3.8, 4) is 5.75 Å². The minimum atomic E-state index is 0.508. The molecule has 2 aromatic carbocycles. The molecular formula is C17H16ClNO. The summed E-state index contributed by atoms with van der Waals surface area (Å²) in [6.07, 6.45) is 0. The molecule has 3 aromatic rings. The third-order valence-electron chi connectivity index (χ3n) is 3.51. The van der Waals surface area contributed by atoms with Gasteiger partial charge in [-0.05, 0) is 37.3 Å². The molecule has 20 heavy (non-hydrogen) atoms. The number of aryl methyl sites for hydroxylation is 2. The van der Waals surface area contributed by atoms with Crippen molar-refractivity contribution in [2.45, 2.75) is 13.5 Å². The number of ether oxygens (including phenoxy) is 1. The second kappa shape index (κ2) is 5.22. The average molecular weight is 286 g/mol. The fraction of sp³-hybridized carbons (Fsp3) is 0.176. The Bertz CT molecular complexity index is 761. The van der Waals surface area contributed by atoms with Gasteiger partial charge in [-0.15, -0.1) is 0 Å². The normalized spacial score (nSPS) is 10.9. The molecule has 0 bridgehead atoms. The monoisotopic (exact) mass is 285 g/mol. The van der Waals surface area contributed by atoms with Crippen molar-refractivity contribution in [1.29, 1.82) is 0 Å². The highest BCUT2D eigenvalue weighted by Gasteiger charge is 2.07. The summed E-state index contributed by atoms with van der Waals surface area (Å²) >= 11 is 6.10. The van der Waals surface area contributed by atoms with Gasteiger partial charge in [0, 0.05) is 18.0 Å². The highest BCUT2D eigenvalue weighted by atomic mass is 35.5. The Morgan fingerprint density at radius 3 is 2.70 bits per heavy atom. The number of para-hydroxylation sites is 1. The Kier molecular flexibility index (Phi) is 3.41. The number of hydrogen-bond acceptors (Lipinski definition) is 1. The second-order valence-electron chi connectivity index (χ2n) is 4.98. The van der Waals surface area contributed by atoms with Gasteiger partial charge >= 0.3 is 0 Å². The molecular weight excluding hydrogens is 270 g/mol. The topological polar surface area (TPSA) is 14.2 Å². The second-order valence-corrected chi connectivity index (χ2v) is 5.38. The SMILES string of the molecule is Cc1ccc2c(c1)cc(COc1ccccc1Cl)n2C. The Balaban J connectivity index is 1.88. The number of halogens is 1. The molecule has 0 unspecified atom stereocenters. The summed E-state index contributed by atoms with van der Waals surface area (Å²) in [6, 6.07) is 16.2. The summed E-state index contributed by atoms with van der Waals surface area (Å²) in [6.45, 7) is 2.61. The molecule has 1 heterocycles. The van der Waals surface area contributed by atoms with Gasteiger partial charge in [-0.1, -0.05) is 35.4 Å². The van der Waals surface area contributed by atoms with Gasteiger partial charge in [-0.25, -0.2) is 0 Å². The minimum absolute atomic E-state index is 0.508. The summed E-state index contributed by atoms with van der Waals surface area (Å²) in [4.78, 5) is 0. The Morgan fingerprint density at radius 2 is 1.90 bits per heavy atom. The van der Waals surface area contributed by atoms with Crippen LogP contribution in [0.15, 0.2) is 48.5 Å². The predicted octanol–water partition coefficient (Wildman–Crippen LogP) is 4.72. The molecule has 0 aliphatic rings. The standard InChI is InChI=1S/C17H16ClNO/c1-12-7-8-16-13(9-12)10-14(19(16)2)11-20-17-6-4-3-5-15(17)18/h3-10H,11H2,1-2H3. The van der Waals surface area contributed by atoms with Gasteiger partial charge in [0.15, 0.2) is 0 Å². The zero-order chi connectivity index (χ0) is 14.1.